The highest BCUT2D eigenvalue weighted by Gasteiger charge is 2.36. The lowest BCUT2D eigenvalue weighted by atomic mass is 9.98. The first kappa shape index (κ1) is 30.4. The molecule has 0 fully saturated rings. The number of rotatable bonds is 11. The predicted octanol–water partition coefficient (Wildman–Crippen LogP) is 5.21. The average Bonchev–Trinajstić information content (AvgIpc) is 2.83. The summed E-state index contributed by atoms with van der Waals surface area (Å²) in [5, 5.41) is 5.63. The largest absolute Gasteiger partial charge is 0.444 e. The maximum atomic E-state index is 14.0. The molecule has 2 aromatic rings. The number of carbonyl (C=O) groups excluding carboxylic acids is 3. The Morgan fingerprint density at radius 1 is 1.03 bits per heavy atom. The molecule has 2 aromatic carbocycles. The minimum absolute atomic E-state index is 0.175. The fourth-order valence-corrected chi connectivity index (χ4v) is 4.20. The van der Waals surface area contributed by atoms with Gasteiger partial charge in [-0.05, 0) is 52.2 Å². The Labute approximate surface area is 227 Å². The summed E-state index contributed by atoms with van der Waals surface area (Å²) >= 11 is 0. The lowest BCUT2D eigenvalue weighted by molar-refractivity contribution is -0.138. The molecule has 0 saturated heterocycles. The van der Waals surface area contributed by atoms with Gasteiger partial charge in [0.15, 0.2) is 0 Å². The van der Waals surface area contributed by atoms with Crippen molar-refractivity contribution >= 4 is 17.9 Å². The smallest absolute Gasteiger partial charge is 0.408 e. The average molecular weight is 520 g/mol. The van der Waals surface area contributed by atoms with Crippen molar-refractivity contribution in [3.63, 3.8) is 0 Å². The van der Waals surface area contributed by atoms with Crippen LogP contribution >= 0.6 is 0 Å². The van der Waals surface area contributed by atoms with Crippen molar-refractivity contribution in [3.8, 4) is 12.5 Å². The van der Waals surface area contributed by atoms with E-state index in [0.717, 1.165) is 40.9 Å². The molecule has 204 valence electrons. The molecule has 2 rings (SSSR count). The number of amides is 3. The number of aryl methyl sites for hydroxylation is 2. The zero-order valence-corrected chi connectivity index (χ0v) is 23.5. The Morgan fingerprint density at radius 2 is 1.66 bits per heavy atom. The van der Waals surface area contributed by atoms with Gasteiger partial charge >= 0.3 is 6.09 Å². The Morgan fingerprint density at radius 3 is 2.21 bits per heavy atom. The molecule has 2 N–H and O–H groups in total. The number of benzene rings is 2. The second-order valence-corrected chi connectivity index (χ2v) is 10.5. The topological polar surface area (TPSA) is 87.7 Å². The van der Waals surface area contributed by atoms with Crippen LogP contribution in [0.4, 0.5) is 4.79 Å². The van der Waals surface area contributed by atoms with E-state index >= 15 is 0 Å². The number of nitrogens with zero attached hydrogens (tertiary/aromatic N) is 1. The quantitative estimate of drug-likeness (QED) is 0.242. The third kappa shape index (κ3) is 9.59. The van der Waals surface area contributed by atoms with Gasteiger partial charge in [-0.1, -0.05) is 85.8 Å². The molecule has 0 aliphatic heterocycles. The molecule has 7 nitrogen and oxygen atoms in total. The lowest BCUT2D eigenvalue weighted by Gasteiger charge is -2.31. The van der Waals surface area contributed by atoms with E-state index in [4.69, 9.17) is 11.2 Å². The van der Waals surface area contributed by atoms with Gasteiger partial charge in [0.2, 0.25) is 5.91 Å². The van der Waals surface area contributed by atoms with Gasteiger partial charge in [0, 0.05) is 19.0 Å². The van der Waals surface area contributed by atoms with E-state index in [2.05, 4.69) is 23.6 Å². The molecule has 0 aliphatic rings. The number of ether oxygens (including phenoxy) is 1. The minimum atomic E-state index is -1.06. The second kappa shape index (κ2) is 14.2. The number of hydrogen-bond donors (Lipinski definition) is 2. The van der Waals surface area contributed by atoms with Crippen molar-refractivity contribution in [2.45, 2.75) is 84.9 Å². The number of hydrogen-bond acceptors (Lipinski definition) is 4. The van der Waals surface area contributed by atoms with Gasteiger partial charge in [0.05, 0.1) is 0 Å². The van der Waals surface area contributed by atoms with E-state index < -0.39 is 29.7 Å². The summed E-state index contributed by atoms with van der Waals surface area (Å²) in [4.78, 5) is 41.3. The molecule has 3 amide bonds. The van der Waals surface area contributed by atoms with Crippen molar-refractivity contribution in [2.75, 3.05) is 6.54 Å². The van der Waals surface area contributed by atoms with Crippen molar-refractivity contribution < 1.29 is 19.1 Å². The van der Waals surface area contributed by atoms with Crippen LogP contribution in [-0.2, 0) is 20.7 Å². The highest BCUT2D eigenvalue weighted by atomic mass is 16.6. The van der Waals surface area contributed by atoms with E-state index in [9.17, 15) is 14.4 Å². The van der Waals surface area contributed by atoms with Crippen LogP contribution < -0.4 is 10.6 Å². The monoisotopic (exact) mass is 519 g/mol. The number of nitrogens with one attached hydrogen (secondary N) is 2. The van der Waals surface area contributed by atoms with Crippen molar-refractivity contribution in [2.24, 2.45) is 0 Å². The van der Waals surface area contributed by atoms with Crippen LogP contribution in [0.25, 0.3) is 0 Å². The summed E-state index contributed by atoms with van der Waals surface area (Å²) in [5.41, 5.74) is 2.57. The molecule has 2 atom stereocenters. The molecule has 0 radical (unpaired) electrons. The molecule has 0 heterocycles. The first-order valence-electron chi connectivity index (χ1n) is 13.1. The van der Waals surface area contributed by atoms with Gasteiger partial charge in [-0.2, -0.15) is 0 Å². The zero-order chi connectivity index (χ0) is 28.3. The lowest BCUT2D eigenvalue weighted by Crippen LogP contribution is -2.52. The third-order valence-corrected chi connectivity index (χ3v) is 5.79. The van der Waals surface area contributed by atoms with E-state index in [-0.39, 0.29) is 12.3 Å². The predicted molar refractivity (Wildman–Crippen MR) is 150 cm³/mol. The van der Waals surface area contributed by atoms with Crippen LogP contribution in [0.3, 0.4) is 0 Å². The number of alkyl carbamates (subject to hydrolysis) is 1. The Bertz CT molecular complexity index is 1110. The summed E-state index contributed by atoms with van der Waals surface area (Å²) in [6, 6.07) is 15.3. The molecule has 38 heavy (non-hydrogen) atoms. The first-order valence-corrected chi connectivity index (χ1v) is 13.1. The van der Waals surface area contributed by atoms with E-state index in [1.54, 1.807) is 20.8 Å². The fraction of sp³-hybridized carbons (Fsp3) is 0.452. The molecule has 0 aliphatic carbocycles. The van der Waals surface area contributed by atoms with Crippen LogP contribution in [0.15, 0.2) is 48.5 Å². The summed E-state index contributed by atoms with van der Waals surface area (Å²) in [5.74, 6) is -0.941. The highest BCUT2D eigenvalue weighted by molar-refractivity contribution is 5.93. The summed E-state index contributed by atoms with van der Waals surface area (Å²) in [7, 11) is 0. The van der Waals surface area contributed by atoms with E-state index in [0.29, 0.717) is 12.1 Å². The van der Waals surface area contributed by atoms with Crippen LogP contribution in [0.1, 0.15) is 75.3 Å². The molecule has 0 aromatic heterocycles. The normalized spacial score (nSPS) is 12.6. The summed E-state index contributed by atoms with van der Waals surface area (Å²) < 4.78 is 5.42. The zero-order valence-electron chi connectivity index (χ0n) is 23.5. The number of carbonyl (C=O) groups is 3. The Hall–Kier alpha value is -3.79. The van der Waals surface area contributed by atoms with Gasteiger partial charge in [-0.25, -0.2) is 4.79 Å². The van der Waals surface area contributed by atoms with E-state index in [1.165, 1.54) is 0 Å². The number of unbranched alkanes of at least 4 members (excludes halogenated alkanes) is 2. The van der Waals surface area contributed by atoms with Gasteiger partial charge in [-0.3, -0.25) is 14.5 Å². The SMILES string of the molecule is C#CN(C(=O)C(Cc1ccccc1)NC(=O)OC(C)(C)C)C(C(=O)NCCCCC)c1cc(C)cc(C)c1. The maximum Gasteiger partial charge on any atom is 0.408 e. The standard InChI is InChI=1S/C31H41N3O4/c1-8-10-14-17-32-28(35)27(25-19-22(3)18-23(4)20-25)34(9-2)29(36)26(21-24-15-12-11-13-16-24)33-30(37)38-31(5,6)7/h2,11-13,15-16,18-20,26-27H,8,10,14,17,21H2,1,3-7H3,(H,32,35)(H,33,37). The molecule has 0 saturated carbocycles. The van der Waals surface area contributed by atoms with Crippen LogP contribution in [0.5, 0.6) is 0 Å². The van der Waals surface area contributed by atoms with Crippen molar-refractivity contribution in [1.29, 1.82) is 0 Å². The summed E-state index contributed by atoms with van der Waals surface area (Å²) in [6.07, 6.45) is 8.15. The molecule has 7 heteroatoms. The van der Waals surface area contributed by atoms with Crippen LogP contribution in [-0.4, -0.2) is 41.0 Å². The fourth-order valence-electron chi connectivity index (χ4n) is 4.20. The molecular weight excluding hydrogens is 478 g/mol. The van der Waals surface area contributed by atoms with Crippen LogP contribution in [0.2, 0.25) is 0 Å². The van der Waals surface area contributed by atoms with Gasteiger partial charge < -0.3 is 15.4 Å². The molecular formula is C31H41N3O4. The molecule has 0 bridgehead atoms. The Balaban J connectivity index is 2.46. The van der Waals surface area contributed by atoms with Crippen molar-refractivity contribution in [3.05, 3.63) is 70.8 Å². The Kier molecular flexibility index (Phi) is 11.4. The highest BCUT2D eigenvalue weighted by Crippen LogP contribution is 2.25. The van der Waals surface area contributed by atoms with Gasteiger partial charge in [0.25, 0.3) is 5.91 Å². The van der Waals surface area contributed by atoms with Crippen LogP contribution in [0, 0.1) is 26.3 Å². The minimum Gasteiger partial charge on any atom is -0.444 e. The molecule has 0 spiro atoms. The first-order chi connectivity index (χ1) is 17.9. The second-order valence-electron chi connectivity index (χ2n) is 10.5. The van der Waals surface area contributed by atoms with E-state index in [1.807, 2.05) is 62.4 Å². The third-order valence-electron chi connectivity index (χ3n) is 5.79. The van der Waals surface area contributed by atoms with Gasteiger partial charge in [-0.15, -0.1) is 0 Å². The number of terminal acetylenes is 1. The van der Waals surface area contributed by atoms with Crippen molar-refractivity contribution in [1.82, 2.24) is 15.5 Å². The summed E-state index contributed by atoms with van der Waals surface area (Å²) in [6.45, 7) is 11.6. The maximum absolute atomic E-state index is 14.0. The van der Waals surface area contributed by atoms with Gasteiger partial charge in [0.1, 0.15) is 17.7 Å². The molecule has 2 unspecified atom stereocenters.